The highest BCUT2D eigenvalue weighted by atomic mass is 16.5. The number of aromatic nitrogens is 3. The molecule has 128 valence electrons. The average Bonchev–Trinajstić information content (AvgIpc) is 3.02. The van der Waals surface area contributed by atoms with Crippen molar-refractivity contribution in [3.63, 3.8) is 0 Å². The molecule has 0 aliphatic carbocycles. The fraction of sp³-hybridized carbons (Fsp3) is 0.150. The topological polar surface area (TPSA) is 99.9 Å². The first-order valence-corrected chi connectivity index (χ1v) is 8.49. The second kappa shape index (κ2) is 5.29. The molecule has 1 aliphatic heterocycles. The van der Waals surface area contributed by atoms with Crippen LogP contribution in [-0.2, 0) is 0 Å². The summed E-state index contributed by atoms with van der Waals surface area (Å²) in [7, 11) is 0. The van der Waals surface area contributed by atoms with Crippen LogP contribution < -0.4 is 16.2 Å². The van der Waals surface area contributed by atoms with E-state index in [4.69, 9.17) is 16.2 Å². The molecule has 0 bridgehead atoms. The van der Waals surface area contributed by atoms with Crippen molar-refractivity contribution < 1.29 is 4.74 Å². The number of hydrogen-bond donors (Lipinski definition) is 2. The van der Waals surface area contributed by atoms with E-state index < -0.39 is 0 Å². The molecule has 0 saturated carbocycles. The number of ether oxygens (including phenoxy) is 1. The Balaban J connectivity index is 1.86. The third-order valence-corrected chi connectivity index (χ3v) is 4.91. The van der Waals surface area contributed by atoms with E-state index in [9.17, 15) is 0 Å². The lowest BCUT2D eigenvalue weighted by Crippen LogP contribution is -2.02. The number of hydrogen-bond acceptors (Lipinski definition) is 6. The monoisotopic (exact) mass is 343 g/mol. The first-order chi connectivity index (χ1) is 12.6. The van der Waals surface area contributed by atoms with Crippen molar-refractivity contribution in [3.05, 3.63) is 48.2 Å². The van der Waals surface area contributed by atoms with Gasteiger partial charge < -0.3 is 16.2 Å². The van der Waals surface area contributed by atoms with Crippen LogP contribution in [0.5, 0.6) is 5.75 Å². The van der Waals surface area contributed by atoms with Gasteiger partial charge in [-0.3, -0.25) is 4.98 Å². The fourth-order valence-corrected chi connectivity index (χ4v) is 3.73. The van der Waals surface area contributed by atoms with Crippen molar-refractivity contribution in [2.75, 3.05) is 18.1 Å². The number of nitrogens with zero attached hydrogens (tertiary/aromatic N) is 3. The third kappa shape index (κ3) is 2.08. The van der Waals surface area contributed by atoms with E-state index >= 15 is 0 Å². The van der Waals surface area contributed by atoms with Crippen molar-refractivity contribution in [1.82, 2.24) is 15.0 Å². The number of nitrogens with two attached hydrogens (primary N) is 2. The van der Waals surface area contributed by atoms with E-state index in [1.165, 1.54) is 0 Å². The van der Waals surface area contributed by atoms with E-state index in [1.807, 2.05) is 12.1 Å². The number of nitrogen functional groups attached to an aromatic ring is 2. The zero-order valence-corrected chi connectivity index (χ0v) is 14.2. The van der Waals surface area contributed by atoms with Crippen LogP contribution in [0, 0.1) is 0 Å². The average molecular weight is 343 g/mol. The van der Waals surface area contributed by atoms with Crippen LogP contribution in [0.1, 0.15) is 18.4 Å². The first-order valence-electron chi connectivity index (χ1n) is 8.49. The van der Waals surface area contributed by atoms with E-state index in [2.05, 4.69) is 46.1 Å². The number of anilines is 2. The van der Waals surface area contributed by atoms with Gasteiger partial charge in [0.15, 0.2) is 0 Å². The molecule has 0 fully saturated rings. The lowest BCUT2D eigenvalue weighted by Gasteiger charge is -2.14. The van der Waals surface area contributed by atoms with Crippen molar-refractivity contribution in [2.45, 2.75) is 12.8 Å². The number of benzene rings is 2. The van der Waals surface area contributed by atoms with Gasteiger partial charge in [-0.05, 0) is 29.3 Å². The summed E-state index contributed by atoms with van der Waals surface area (Å²) in [4.78, 5) is 13.0. The second-order valence-corrected chi connectivity index (χ2v) is 6.65. The number of rotatable bonds is 1. The van der Waals surface area contributed by atoms with E-state index in [-0.39, 0.29) is 11.9 Å². The Hall–Kier alpha value is -3.41. The van der Waals surface area contributed by atoms with Gasteiger partial charge in [-0.15, -0.1) is 0 Å². The highest BCUT2D eigenvalue weighted by Gasteiger charge is 2.28. The summed E-state index contributed by atoms with van der Waals surface area (Å²) in [5.74, 6) is 1.53. The molecule has 0 radical (unpaired) electrons. The summed E-state index contributed by atoms with van der Waals surface area (Å²) in [5, 5.41) is 1.84. The van der Waals surface area contributed by atoms with Gasteiger partial charge in [-0.2, -0.15) is 4.98 Å². The van der Waals surface area contributed by atoms with Gasteiger partial charge >= 0.3 is 0 Å². The molecule has 1 atom stereocenters. The smallest absolute Gasteiger partial charge is 0.222 e. The summed E-state index contributed by atoms with van der Waals surface area (Å²) >= 11 is 0. The summed E-state index contributed by atoms with van der Waals surface area (Å²) in [5.41, 5.74) is 16.8. The van der Waals surface area contributed by atoms with Gasteiger partial charge in [0.05, 0.1) is 23.0 Å². The molecule has 26 heavy (non-hydrogen) atoms. The van der Waals surface area contributed by atoms with E-state index in [0.717, 1.165) is 38.7 Å². The molecule has 1 unspecified atom stereocenters. The minimum absolute atomic E-state index is 0.159. The minimum atomic E-state index is 0.159. The fourth-order valence-electron chi connectivity index (χ4n) is 3.73. The van der Waals surface area contributed by atoms with Gasteiger partial charge in [0, 0.05) is 23.1 Å². The molecule has 2 aromatic carbocycles. The molecule has 6 nitrogen and oxygen atoms in total. The van der Waals surface area contributed by atoms with Crippen LogP contribution in [0.3, 0.4) is 0 Å². The highest BCUT2D eigenvalue weighted by molar-refractivity contribution is 6.00. The van der Waals surface area contributed by atoms with Crippen LogP contribution in [0.25, 0.3) is 32.9 Å². The Bertz CT molecular complexity index is 1190. The second-order valence-electron chi connectivity index (χ2n) is 6.65. The summed E-state index contributed by atoms with van der Waals surface area (Å²) in [6, 6.07) is 12.3. The molecular formula is C20H17N5O. The van der Waals surface area contributed by atoms with Crippen molar-refractivity contribution in [3.8, 4) is 16.9 Å². The molecule has 0 spiro atoms. The first kappa shape index (κ1) is 14.9. The molecule has 6 heteroatoms. The molecular weight excluding hydrogens is 326 g/mol. The maximum atomic E-state index is 6.12. The molecule has 2 aromatic heterocycles. The van der Waals surface area contributed by atoms with Crippen LogP contribution in [0.2, 0.25) is 0 Å². The SMILES string of the molecule is CC1COc2c1c(-c1ccc3cccnc3c1)cc1nc(N)nc(N)c21. The van der Waals surface area contributed by atoms with E-state index in [1.54, 1.807) is 6.20 Å². The van der Waals surface area contributed by atoms with Crippen molar-refractivity contribution in [1.29, 1.82) is 0 Å². The zero-order valence-electron chi connectivity index (χ0n) is 14.2. The molecule has 4 N–H and O–H groups in total. The van der Waals surface area contributed by atoms with Gasteiger partial charge in [0.25, 0.3) is 0 Å². The number of fused-ring (bicyclic) bond motifs is 4. The van der Waals surface area contributed by atoms with Crippen LogP contribution >= 0.6 is 0 Å². The van der Waals surface area contributed by atoms with Crippen LogP contribution in [-0.4, -0.2) is 21.6 Å². The molecule has 3 heterocycles. The zero-order chi connectivity index (χ0) is 17.8. The Kier molecular flexibility index (Phi) is 3.03. The highest BCUT2D eigenvalue weighted by Crippen LogP contribution is 2.47. The molecule has 0 saturated heterocycles. The Morgan fingerprint density at radius 1 is 1.08 bits per heavy atom. The lowest BCUT2D eigenvalue weighted by atomic mass is 9.90. The molecule has 4 aromatic rings. The Morgan fingerprint density at radius 2 is 1.96 bits per heavy atom. The third-order valence-electron chi connectivity index (χ3n) is 4.91. The van der Waals surface area contributed by atoms with Gasteiger partial charge in [-0.1, -0.05) is 25.1 Å². The van der Waals surface area contributed by atoms with Crippen molar-refractivity contribution in [2.24, 2.45) is 0 Å². The number of pyridine rings is 1. The molecule has 5 rings (SSSR count). The Morgan fingerprint density at radius 3 is 2.85 bits per heavy atom. The van der Waals surface area contributed by atoms with Gasteiger partial charge in [0.2, 0.25) is 5.95 Å². The van der Waals surface area contributed by atoms with Crippen LogP contribution in [0.4, 0.5) is 11.8 Å². The molecule has 1 aliphatic rings. The largest absolute Gasteiger partial charge is 0.492 e. The maximum absolute atomic E-state index is 6.12. The normalized spacial score (nSPS) is 16.0. The maximum Gasteiger partial charge on any atom is 0.222 e. The van der Waals surface area contributed by atoms with Crippen LogP contribution in [0.15, 0.2) is 42.6 Å². The van der Waals surface area contributed by atoms with Gasteiger partial charge in [-0.25, -0.2) is 4.98 Å². The standard InChI is InChI=1S/C20H17N5O/c1-10-9-26-18-16(10)13(8-15-17(18)19(21)25-20(22)24-15)12-5-4-11-3-2-6-23-14(11)7-12/h2-8,10H,9H2,1H3,(H4,21,22,24,25). The lowest BCUT2D eigenvalue weighted by molar-refractivity contribution is 0.340. The summed E-state index contributed by atoms with van der Waals surface area (Å²) < 4.78 is 5.98. The summed E-state index contributed by atoms with van der Waals surface area (Å²) in [6.07, 6.45) is 1.80. The van der Waals surface area contributed by atoms with Crippen molar-refractivity contribution >= 4 is 33.6 Å². The van der Waals surface area contributed by atoms with E-state index in [0.29, 0.717) is 17.9 Å². The summed E-state index contributed by atoms with van der Waals surface area (Å²) in [6.45, 7) is 2.76. The van der Waals surface area contributed by atoms with Gasteiger partial charge in [0.1, 0.15) is 11.6 Å². The predicted molar refractivity (Wildman–Crippen MR) is 103 cm³/mol. The molecule has 0 amide bonds. The quantitative estimate of drug-likeness (QED) is 0.548. The predicted octanol–water partition coefficient (Wildman–Crippen LogP) is 3.51. The minimum Gasteiger partial charge on any atom is -0.492 e. The Labute approximate surface area is 149 Å².